The smallest absolute Gasteiger partial charge is 0.205 e. The van der Waals surface area contributed by atoms with E-state index >= 15 is 0 Å². The minimum Gasteiger partial charge on any atom is -0.490 e. The van der Waals surface area contributed by atoms with Gasteiger partial charge in [-0.25, -0.2) is 4.39 Å². The van der Waals surface area contributed by atoms with E-state index in [9.17, 15) is 14.4 Å². The van der Waals surface area contributed by atoms with Gasteiger partial charge in [0.2, 0.25) is 5.88 Å². The highest BCUT2D eigenvalue weighted by molar-refractivity contribution is 5.99. The van der Waals surface area contributed by atoms with Crippen molar-refractivity contribution in [3.05, 3.63) is 82.2 Å². The minimum absolute atomic E-state index is 0.0235. The largest absolute Gasteiger partial charge is 0.490 e. The number of carbonyl (C=O) groups excluding carboxylic acids is 1. The number of carbonyl (C=O) groups is 1. The fourth-order valence-corrected chi connectivity index (χ4v) is 4.07. The highest BCUT2D eigenvalue weighted by Gasteiger charge is 2.38. The van der Waals surface area contributed by atoms with Crippen LogP contribution in [0, 0.1) is 17.1 Å². The summed E-state index contributed by atoms with van der Waals surface area (Å²) in [6.07, 6.45) is 1.70. The second-order valence-corrected chi connectivity index (χ2v) is 7.60. The molecule has 164 valence electrons. The van der Waals surface area contributed by atoms with Gasteiger partial charge in [-0.15, -0.1) is 0 Å². The van der Waals surface area contributed by atoms with E-state index in [1.165, 1.54) is 12.1 Å². The van der Waals surface area contributed by atoms with E-state index in [1.54, 1.807) is 30.3 Å². The number of ketones is 1. The van der Waals surface area contributed by atoms with Crippen molar-refractivity contribution < 1.29 is 23.4 Å². The van der Waals surface area contributed by atoms with E-state index < -0.39 is 5.92 Å². The Balaban J connectivity index is 1.70. The average Bonchev–Trinajstić information content (AvgIpc) is 2.78. The van der Waals surface area contributed by atoms with Crippen molar-refractivity contribution in [2.75, 3.05) is 6.61 Å². The van der Waals surface area contributed by atoms with Crippen LogP contribution in [0.4, 0.5) is 4.39 Å². The molecule has 2 aliphatic rings. The van der Waals surface area contributed by atoms with Crippen molar-refractivity contribution in [2.45, 2.75) is 38.7 Å². The number of nitrogens with zero attached hydrogens (tertiary/aromatic N) is 1. The zero-order valence-corrected chi connectivity index (χ0v) is 17.7. The molecular formula is C25H23FN2O4. The maximum absolute atomic E-state index is 13.5. The third kappa shape index (κ3) is 4.17. The standard InChI is InChI=1S/C25H23FN2O4/c1-2-30-22-12-16(9-10-20(22)31-14-15-5-3-6-17(26)11-15)23-18(13-27)25(28)32-21-8-4-7-19(29)24(21)23/h3,5-6,9-12,23H,2,4,7-8,14,28H2,1H3/t23-/m0/s1. The first-order valence-corrected chi connectivity index (χ1v) is 10.5. The summed E-state index contributed by atoms with van der Waals surface area (Å²) >= 11 is 0. The van der Waals surface area contributed by atoms with E-state index in [0.717, 1.165) is 0 Å². The molecule has 1 aliphatic carbocycles. The maximum Gasteiger partial charge on any atom is 0.205 e. The zero-order chi connectivity index (χ0) is 22.7. The van der Waals surface area contributed by atoms with Gasteiger partial charge in [-0.05, 0) is 48.7 Å². The number of allylic oxidation sites excluding steroid dienone is 3. The topological polar surface area (TPSA) is 94.6 Å². The summed E-state index contributed by atoms with van der Waals surface area (Å²) < 4.78 is 30.7. The molecule has 1 aliphatic heterocycles. The second-order valence-electron chi connectivity index (χ2n) is 7.60. The molecule has 1 atom stereocenters. The summed E-state index contributed by atoms with van der Waals surface area (Å²) in [5.74, 6) is 0.512. The SMILES string of the molecule is CCOc1cc([C@H]2C(C#N)=C(N)OC3=C2C(=O)CCC3)ccc1OCc1cccc(F)c1. The lowest BCUT2D eigenvalue weighted by atomic mass is 9.77. The van der Waals surface area contributed by atoms with Crippen LogP contribution in [-0.2, 0) is 16.1 Å². The molecule has 7 heteroatoms. The van der Waals surface area contributed by atoms with Crippen LogP contribution in [0.3, 0.4) is 0 Å². The third-order valence-corrected chi connectivity index (χ3v) is 5.49. The van der Waals surface area contributed by atoms with Gasteiger partial charge in [-0.3, -0.25) is 4.79 Å². The highest BCUT2D eigenvalue weighted by atomic mass is 19.1. The van der Waals surface area contributed by atoms with Crippen molar-refractivity contribution in [3.8, 4) is 17.6 Å². The van der Waals surface area contributed by atoms with E-state index in [0.29, 0.717) is 59.8 Å². The molecule has 0 unspecified atom stereocenters. The quantitative estimate of drug-likeness (QED) is 0.713. The van der Waals surface area contributed by atoms with Gasteiger partial charge in [0.1, 0.15) is 29.8 Å². The molecule has 0 aromatic heterocycles. The molecule has 0 saturated carbocycles. The molecule has 4 rings (SSSR count). The van der Waals surface area contributed by atoms with Crippen molar-refractivity contribution in [2.24, 2.45) is 5.73 Å². The van der Waals surface area contributed by atoms with E-state index in [2.05, 4.69) is 6.07 Å². The van der Waals surface area contributed by atoms with Crippen LogP contribution in [-0.4, -0.2) is 12.4 Å². The lowest BCUT2D eigenvalue weighted by molar-refractivity contribution is -0.116. The first kappa shape index (κ1) is 21.4. The number of halogens is 1. The van der Waals surface area contributed by atoms with Crippen LogP contribution in [0.1, 0.15) is 43.2 Å². The lowest BCUT2D eigenvalue weighted by Crippen LogP contribution is -2.27. The normalized spacial score (nSPS) is 18.0. The van der Waals surface area contributed by atoms with Crippen LogP contribution in [0.15, 0.2) is 65.3 Å². The molecule has 2 N–H and O–H groups in total. The van der Waals surface area contributed by atoms with Gasteiger partial charge in [0.05, 0.1) is 12.5 Å². The maximum atomic E-state index is 13.5. The van der Waals surface area contributed by atoms with Crippen molar-refractivity contribution in [1.82, 2.24) is 0 Å². The fraction of sp³-hybridized carbons (Fsp3) is 0.280. The first-order valence-electron chi connectivity index (χ1n) is 10.5. The summed E-state index contributed by atoms with van der Waals surface area (Å²) in [6.45, 7) is 2.41. The van der Waals surface area contributed by atoms with E-state index in [4.69, 9.17) is 19.9 Å². The van der Waals surface area contributed by atoms with Crippen molar-refractivity contribution in [3.63, 3.8) is 0 Å². The van der Waals surface area contributed by atoms with Gasteiger partial charge >= 0.3 is 0 Å². The lowest BCUT2D eigenvalue weighted by Gasteiger charge is -2.31. The van der Waals surface area contributed by atoms with Crippen LogP contribution in [0.5, 0.6) is 11.5 Å². The molecule has 0 radical (unpaired) electrons. The van der Waals surface area contributed by atoms with Crippen LogP contribution >= 0.6 is 0 Å². The molecule has 2 aromatic rings. The molecule has 6 nitrogen and oxygen atoms in total. The predicted molar refractivity (Wildman–Crippen MR) is 115 cm³/mol. The third-order valence-electron chi connectivity index (χ3n) is 5.49. The number of nitriles is 1. The number of ether oxygens (including phenoxy) is 3. The predicted octanol–water partition coefficient (Wildman–Crippen LogP) is 4.62. The van der Waals surface area contributed by atoms with E-state index in [1.807, 2.05) is 6.92 Å². The van der Waals surface area contributed by atoms with E-state index in [-0.39, 0.29) is 29.7 Å². The average molecular weight is 434 g/mol. The van der Waals surface area contributed by atoms with Gasteiger partial charge in [0.25, 0.3) is 0 Å². The van der Waals surface area contributed by atoms with Gasteiger partial charge in [-0.1, -0.05) is 18.2 Å². The molecule has 0 bridgehead atoms. The Hall–Kier alpha value is -3.79. The van der Waals surface area contributed by atoms with Gasteiger partial charge in [0, 0.05) is 18.4 Å². The Morgan fingerprint density at radius 2 is 2.03 bits per heavy atom. The Labute approximate surface area is 185 Å². The molecule has 2 aromatic carbocycles. The number of rotatable bonds is 6. The number of Topliss-reactive ketones (excluding diaryl/α,β-unsaturated/α-hetero) is 1. The van der Waals surface area contributed by atoms with Gasteiger partial charge in [0.15, 0.2) is 17.3 Å². The summed E-state index contributed by atoms with van der Waals surface area (Å²) in [5, 5.41) is 9.74. The first-order chi connectivity index (χ1) is 15.5. The Kier molecular flexibility index (Phi) is 6.13. The Morgan fingerprint density at radius 3 is 2.78 bits per heavy atom. The number of benzene rings is 2. The van der Waals surface area contributed by atoms with Gasteiger partial charge in [-0.2, -0.15) is 5.26 Å². The summed E-state index contributed by atoms with van der Waals surface area (Å²) in [4.78, 5) is 12.7. The number of nitrogens with two attached hydrogens (primary N) is 1. The molecule has 0 saturated heterocycles. The van der Waals surface area contributed by atoms with Crippen molar-refractivity contribution in [1.29, 1.82) is 5.26 Å². The van der Waals surface area contributed by atoms with Crippen molar-refractivity contribution >= 4 is 5.78 Å². The second kappa shape index (κ2) is 9.15. The van der Waals surface area contributed by atoms with Crippen LogP contribution < -0.4 is 15.2 Å². The summed E-state index contributed by atoms with van der Waals surface area (Å²) in [7, 11) is 0. The van der Waals surface area contributed by atoms with Gasteiger partial charge < -0.3 is 19.9 Å². The Bertz CT molecular complexity index is 1160. The fourth-order valence-electron chi connectivity index (χ4n) is 4.07. The number of hydrogen-bond acceptors (Lipinski definition) is 6. The molecule has 1 heterocycles. The minimum atomic E-state index is -0.618. The highest BCUT2D eigenvalue weighted by Crippen LogP contribution is 2.45. The summed E-state index contributed by atoms with van der Waals surface area (Å²) in [5.41, 5.74) is 8.09. The summed E-state index contributed by atoms with van der Waals surface area (Å²) in [6, 6.07) is 13.6. The number of hydrogen-bond donors (Lipinski definition) is 1. The molecule has 0 spiro atoms. The van der Waals surface area contributed by atoms with Crippen LogP contribution in [0.25, 0.3) is 0 Å². The molecular weight excluding hydrogens is 411 g/mol. The molecule has 0 fully saturated rings. The monoisotopic (exact) mass is 434 g/mol. The molecule has 0 amide bonds. The zero-order valence-electron chi connectivity index (χ0n) is 17.7. The van der Waals surface area contributed by atoms with Crippen LogP contribution in [0.2, 0.25) is 0 Å². The Morgan fingerprint density at radius 1 is 1.19 bits per heavy atom. The molecule has 32 heavy (non-hydrogen) atoms.